The first-order valence-electron chi connectivity index (χ1n) is 6.76. The number of ether oxygens (including phenoxy) is 1. The van der Waals surface area contributed by atoms with Gasteiger partial charge in [0.2, 0.25) is 0 Å². The maximum absolute atomic E-state index is 12.1. The Morgan fingerprint density at radius 3 is 2.95 bits per heavy atom. The number of hydrazone groups is 1. The van der Waals surface area contributed by atoms with E-state index >= 15 is 0 Å². The third-order valence-electron chi connectivity index (χ3n) is 2.66. The van der Waals surface area contributed by atoms with Crippen molar-refractivity contribution in [2.24, 2.45) is 5.10 Å². The molecule has 0 radical (unpaired) electrons. The number of para-hydroxylation sites is 1. The molecule has 0 spiro atoms. The molecule has 0 saturated heterocycles. The summed E-state index contributed by atoms with van der Waals surface area (Å²) in [7, 11) is 0. The van der Waals surface area contributed by atoms with Crippen LogP contribution in [0.5, 0.6) is 5.75 Å². The second kappa shape index (κ2) is 7.79. The van der Waals surface area contributed by atoms with Gasteiger partial charge in [0.25, 0.3) is 5.91 Å². The van der Waals surface area contributed by atoms with Crippen molar-refractivity contribution in [1.29, 1.82) is 0 Å². The van der Waals surface area contributed by atoms with Crippen LogP contribution in [0.25, 0.3) is 0 Å². The molecule has 0 aliphatic rings. The van der Waals surface area contributed by atoms with Crippen LogP contribution in [0.15, 0.2) is 53.9 Å². The largest absolute Gasteiger partial charge is 0.493 e. The fourth-order valence-corrected chi connectivity index (χ4v) is 1.67. The van der Waals surface area contributed by atoms with Gasteiger partial charge in [-0.3, -0.25) is 9.78 Å². The third-order valence-corrected chi connectivity index (χ3v) is 2.66. The highest BCUT2D eigenvalue weighted by Gasteiger charge is 2.10. The number of rotatable bonds is 6. The molecule has 21 heavy (non-hydrogen) atoms. The molecule has 2 aromatic rings. The number of nitrogens with one attached hydrogen (secondary N) is 1. The highest BCUT2D eigenvalue weighted by atomic mass is 16.5. The average molecular weight is 283 g/mol. The minimum Gasteiger partial charge on any atom is -0.493 e. The minimum absolute atomic E-state index is 0.304. The number of pyridine rings is 1. The Labute approximate surface area is 123 Å². The lowest BCUT2D eigenvalue weighted by Crippen LogP contribution is -2.18. The van der Waals surface area contributed by atoms with Crippen molar-refractivity contribution < 1.29 is 9.53 Å². The molecule has 1 aromatic carbocycles. The first-order valence-corrected chi connectivity index (χ1v) is 6.76. The smallest absolute Gasteiger partial charge is 0.275 e. The van der Waals surface area contributed by atoms with Gasteiger partial charge in [-0.15, -0.1) is 0 Å². The normalized spacial score (nSPS) is 10.5. The number of carbonyl (C=O) groups excluding carboxylic acids is 1. The summed E-state index contributed by atoms with van der Waals surface area (Å²) in [5.41, 5.74) is 3.77. The Morgan fingerprint density at radius 2 is 2.19 bits per heavy atom. The van der Waals surface area contributed by atoms with Crippen molar-refractivity contribution in [2.45, 2.75) is 13.3 Å². The summed E-state index contributed by atoms with van der Waals surface area (Å²) < 4.78 is 5.55. The first kappa shape index (κ1) is 14.7. The quantitative estimate of drug-likeness (QED) is 0.654. The van der Waals surface area contributed by atoms with E-state index in [1.54, 1.807) is 42.9 Å². The standard InChI is InChI=1S/C16H17N3O2/c1-2-10-21-15-8-4-3-7-14(15)16(20)19-18-12-13-6-5-9-17-11-13/h3-9,11-12H,2,10H2,1H3,(H,19,20). The van der Waals surface area contributed by atoms with E-state index in [-0.39, 0.29) is 5.91 Å². The van der Waals surface area contributed by atoms with Gasteiger partial charge in [-0.2, -0.15) is 5.10 Å². The molecule has 5 heteroatoms. The van der Waals surface area contributed by atoms with E-state index < -0.39 is 0 Å². The summed E-state index contributed by atoms with van der Waals surface area (Å²) in [6.07, 6.45) is 5.76. The van der Waals surface area contributed by atoms with Gasteiger partial charge >= 0.3 is 0 Å². The van der Waals surface area contributed by atoms with Crippen molar-refractivity contribution >= 4 is 12.1 Å². The predicted octanol–water partition coefficient (Wildman–Crippen LogP) is 2.63. The molecule has 0 fully saturated rings. The molecule has 0 aliphatic carbocycles. The zero-order valence-electron chi connectivity index (χ0n) is 11.8. The van der Waals surface area contributed by atoms with Crippen LogP contribution in [0, 0.1) is 0 Å². The molecule has 0 aliphatic heterocycles. The summed E-state index contributed by atoms with van der Waals surface area (Å²) in [6.45, 7) is 2.59. The Morgan fingerprint density at radius 1 is 1.33 bits per heavy atom. The van der Waals surface area contributed by atoms with Gasteiger partial charge in [0.15, 0.2) is 0 Å². The lowest BCUT2D eigenvalue weighted by atomic mass is 10.2. The van der Waals surface area contributed by atoms with Crippen LogP contribution < -0.4 is 10.2 Å². The summed E-state index contributed by atoms with van der Waals surface area (Å²) in [5, 5.41) is 3.92. The van der Waals surface area contributed by atoms with E-state index in [9.17, 15) is 4.79 Å². The lowest BCUT2D eigenvalue weighted by Gasteiger charge is -2.09. The molecular weight excluding hydrogens is 266 g/mol. The molecule has 5 nitrogen and oxygen atoms in total. The Bertz CT molecular complexity index is 612. The van der Waals surface area contributed by atoms with E-state index in [4.69, 9.17) is 4.74 Å². The molecule has 0 saturated carbocycles. The number of benzene rings is 1. The van der Waals surface area contributed by atoms with E-state index in [1.807, 2.05) is 19.1 Å². The van der Waals surface area contributed by atoms with Gasteiger partial charge in [0.1, 0.15) is 5.75 Å². The Balaban J connectivity index is 2.02. The van der Waals surface area contributed by atoms with Gasteiger partial charge < -0.3 is 4.74 Å². The molecule has 0 bridgehead atoms. The van der Waals surface area contributed by atoms with Crippen molar-refractivity contribution in [3.05, 3.63) is 59.9 Å². The molecule has 0 atom stereocenters. The van der Waals surface area contributed by atoms with Gasteiger partial charge in [0.05, 0.1) is 18.4 Å². The van der Waals surface area contributed by atoms with Crippen LogP contribution in [-0.4, -0.2) is 23.7 Å². The molecule has 1 amide bonds. The summed E-state index contributed by atoms with van der Waals surface area (Å²) in [5.74, 6) is 0.260. The zero-order chi connectivity index (χ0) is 14.9. The summed E-state index contributed by atoms with van der Waals surface area (Å²) in [6, 6.07) is 10.8. The predicted molar refractivity (Wildman–Crippen MR) is 81.5 cm³/mol. The number of nitrogens with zero attached hydrogens (tertiary/aromatic N) is 2. The monoisotopic (exact) mass is 283 g/mol. The molecule has 1 aromatic heterocycles. The van der Waals surface area contributed by atoms with Crippen LogP contribution in [0.1, 0.15) is 29.3 Å². The van der Waals surface area contributed by atoms with Crippen LogP contribution in [0.3, 0.4) is 0 Å². The minimum atomic E-state index is -0.304. The topological polar surface area (TPSA) is 63.6 Å². The van der Waals surface area contributed by atoms with Crippen molar-refractivity contribution in [3.63, 3.8) is 0 Å². The van der Waals surface area contributed by atoms with Crippen molar-refractivity contribution in [2.75, 3.05) is 6.61 Å². The number of amides is 1. The van der Waals surface area contributed by atoms with Gasteiger partial charge in [0, 0.05) is 18.0 Å². The maximum Gasteiger partial charge on any atom is 0.275 e. The van der Waals surface area contributed by atoms with Crippen molar-refractivity contribution in [3.8, 4) is 5.75 Å². The van der Waals surface area contributed by atoms with Gasteiger partial charge in [-0.1, -0.05) is 25.1 Å². The van der Waals surface area contributed by atoms with Crippen LogP contribution in [0.2, 0.25) is 0 Å². The fourth-order valence-electron chi connectivity index (χ4n) is 1.67. The van der Waals surface area contributed by atoms with E-state index in [0.29, 0.717) is 17.9 Å². The van der Waals surface area contributed by atoms with Gasteiger partial charge in [-0.25, -0.2) is 5.43 Å². The summed E-state index contributed by atoms with van der Waals surface area (Å²) >= 11 is 0. The van der Waals surface area contributed by atoms with Crippen LogP contribution >= 0.6 is 0 Å². The van der Waals surface area contributed by atoms with Gasteiger partial charge in [-0.05, 0) is 24.6 Å². The highest BCUT2D eigenvalue weighted by molar-refractivity contribution is 5.97. The molecule has 108 valence electrons. The van der Waals surface area contributed by atoms with E-state index in [1.165, 1.54) is 0 Å². The zero-order valence-corrected chi connectivity index (χ0v) is 11.8. The highest BCUT2D eigenvalue weighted by Crippen LogP contribution is 2.17. The fraction of sp³-hybridized carbons (Fsp3) is 0.188. The molecule has 1 N–H and O–H groups in total. The second-order valence-electron chi connectivity index (χ2n) is 4.33. The molecule has 0 unspecified atom stereocenters. The van der Waals surface area contributed by atoms with Crippen LogP contribution in [-0.2, 0) is 0 Å². The average Bonchev–Trinajstić information content (AvgIpc) is 2.54. The number of hydrogen-bond donors (Lipinski definition) is 1. The van der Waals surface area contributed by atoms with E-state index in [0.717, 1.165) is 12.0 Å². The Hall–Kier alpha value is -2.69. The number of hydrogen-bond acceptors (Lipinski definition) is 4. The molecule has 2 rings (SSSR count). The molecule has 1 heterocycles. The third kappa shape index (κ3) is 4.42. The van der Waals surface area contributed by atoms with Crippen molar-refractivity contribution in [1.82, 2.24) is 10.4 Å². The summed E-state index contributed by atoms with van der Waals surface area (Å²) in [4.78, 5) is 16.1. The van der Waals surface area contributed by atoms with Crippen LogP contribution in [0.4, 0.5) is 0 Å². The van der Waals surface area contributed by atoms with E-state index in [2.05, 4.69) is 15.5 Å². The Kier molecular flexibility index (Phi) is 5.46. The first-order chi connectivity index (χ1) is 10.3. The SMILES string of the molecule is CCCOc1ccccc1C(=O)NN=Cc1cccnc1. The number of aromatic nitrogens is 1. The lowest BCUT2D eigenvalue weighted by molar-refractivity contribution is 0.0951. The maximum atomic E-state index is 12.1. The number of carbonyl (C=O) groups is 1. The molecular formula is C16H17N3O2. The second-order valence-corrected chi connectivity index (χ2v) is 4.33.